The summed E-state index contributed by atoms with van der Waals surface area (Å²) in [6, 6.07) is 0. The first-order chi connectivity index (χ1) is 12.9. The van der Waals surface area contributed by atoms with Gasteiger partial charge in [-0.2, -0.15) is 0 Å². The number of phosphoric ester groups is 2. The summed E-state index contributed by atoms with van der Waals surface area (Å²) >= 11 is 0. The zero-order valence-electron chi connectivity index (χ0n) is 17.1. The van der Waals surface area contributed by atoms with Crippen LogP contribution in [-0.4, -0.2) is 54.3 Å². The number of carbonyl (C=O) groups is 2. The zero-order valence-corrected chi connectivity index (χ0v) is 18.9. The Kier molecular flexibility index (Phi) is 14.6. The third-order valence-corrected chi connectivity index (χ3v) is 5.38. The molecular formula is C14H28N2O10P2. The standard InChI is InChI=1S/2C7H14NO5P/c2*1-6(5-7(9)8-2)13-14(10,11-3)12-4/h2*5H,1-4H3,(H,8,9)/b6-5+;6-5-. The van der Waals surface area contributed by atoms with Crippen molar-refractivity contribution in [3.63, 3.8) is 0 Å². The van der Waals surface area contributed by atoms with Crippen LogP contribution in [0.3, 0.4) is 0 Å². The zero-order chi connectivity index (χ0) is 22.4. The van der Waals surface area contributed by atoms with Gasteiger partial charge in [0.1, 0.15) is 11.5 Å². The maximum Gasteiger partial charge on any atom is 0.529 e. The Hall–Kier alpha value is -1.68. The molecule has 0 bridgehead atoms. The van der Waals surface area contributed by atoms with E-state index in [0.717, 1.165) is 12.2 Å². The SMILES string of the molecule is CNC(=O)/C=C(/C)OP(=O)(OC)OC.CNC(=O)/C=C(\C)OP(=O)(OC)OC. The minimum absolute atomic E-state index is 0.149. The molecule has 0 unspecified atom stereocenters. The largest absolute Gasteiger partial charge is 0.529 e. The van der Waals surface area contributed by atoms with Crippen molar-refractivity contribution in [1.29, 1.82) is 0 Å². The van der Waals surface area contributed by atoms with E-state index >= 15 is 0 Å². The predicted octanol–water partition coefficient (Wildman–Crippen LogP) is 2.11. The van der Waals surface area contributed by atoms with Crippen molar-refractivity contribution in [2.24, 2.45) is 0 Å². The number of amides is 2. The van der Waals surface area contributed by atoms with Gasteiger partial charge in [-0.15, -0.1) is 0 Å². The van der Waals surface area contributed by atoms with E-state index < -0.39 is 15.6 Å². The van der Waals surface area contributed by atoms with Crippen LogP contribution >= 0.6 is 15.6 Å². The molecule has 0 fully saturated rings. The van der Waals surface area contributed by atoms with Gasteiger partial charge in [0.05, 0.1) is 0 Å². The highest BCUT2D eigenvalue weighted by Crippen LogP contribution is 2.50. The Labute approximate surface area is 164 Å². The predicted molar refractivity (Wildman–Crippen MR) is 101 cm³/mol. The smallest absolute Gasteiger partial charge is 0.409 e. The number of allylic oxidation sites excluding steroid dienone is 2. The molecule has 2 amide bonds. The van der Waals surface area contributed by atoms with Crippen LogP contribution in [0.5, 0.6) is 0 Å². The van der Waals surface area contributed by atoms with Crippen molar-refractivity contribution in [1.82, 2.24) is 10.6 Å². The molecule has 0 aliphatic heterocycles. The van der Waals surface area contributed by atoms with Crippen LogP contribution in [0.15, 0.2) is 23.7 Å². The van der Waals surface area contributed by atoms with Crippen LogP contribution in [0.2, 0.25) is 0 Å². The van der Waals surface area contributed by atoms with Crippen LogP contribution in [-0.2, 0) is 45.9 Å². The lowest BCUT2D eigenvalue weighted by Gasteiger charge is -2.13. The summed E-state index contributed by atoms with van der Waals surface area (Å²) in [5.41, 5.74) is 0. The van der Waals surface area contributed by atoms with Gasteiger partial charge in [-0.3, -0.25) is 27.7 Å². The van der Waals surface area contributed by atoms with Gasteiger partial charge in [-0.05, 0) is 13.8 Å². The first-order valence-corrected chi connectivity index (χ1v) is 10.5. The Morgan fingerprint density at radius 1 is 0.679 bits per heavy atom. The summed E-state index contributed by atoms with van der Waals surface area (Å²) in [6.45, 7) is 2.94. The van der Waals surface area contributed by atoms with Gasteiger partial charge in [-0.1, -0.05) is 0 Å². The average molecular weight is 446 g/mol. The van der Waals surface area contributed by atoms with Crippen molar-refractivity contribution < 1.29 is 45.9 Å². The molecule has 0 aliphatic rings. The van der Waals surface area contributed by atoms with Crippen LogP contribution in [0.25, 0.3) is 0 Å². The fraction of sp³-hybridized carbons (Fsp3) is 0.571. The lowest BCUT2D eigenvalue weighted by Crippen LogP contribution is -2.15. The molecule has 0 aromatic carbocycles. The minimum Gasteiger partial charge on any atom is -0.409 e. The molecule has 0 radical (unpaired) electrons. The topological polar surface area (TPSA) is 148 Å². The maximum atomic E-state index is 11.4. The molecule has 0 atom stereocenters. The number of hydrogen-bond donors (Lipinski definition) is 2. The first kappa shape index (κ1) is 28.5. The van der Waals surface area contributed by atoms with Gasteiger partial charge in [0, 0.05) is 54.7 Å². The summed E-state index contributed by atoms with van der Waals surface area (Å²) < 4.78 is 50.5. The highest BCUT2D eigenvalue weighted by molar-refractivity contribution is 7.48. The molecule has 0 heterocycles. The van der Waals surface area contributed by atoms with Gasteiger partial charge in [0.2, 0.25) is 11.8 Å². The fourth-order valence-corrected chi connectivity index (χ4v) is 2.62. The Bertz CT molecular complexity index is 591. The second kappa shape index (κ2) is 14.3. The Balaban J connectivity index is 0. The van der Waals surface area contributed by atoms with Gasteiger partial charge < -0.3 is 19.7 Å². The normalized spacial score (nSPS) is 12.4. The van der Waals surface area contributed by atoms with Gasteiger partial charge >= 0.3 is 15.6 Å². The molecule has 0 aliphatic carbocycles. The van der Waals surface area contributed by atoms with E-state index in [1.54, 1.807) is 0 Å². The third-order valence-electron chi connectivity index (χ3n) is 2.57. The van der Waals surface area contributed by atoms with Crippen LogP contribution in [0.4, 0.5) is 0 Å². The number of nitrogens with one attached hydrogen (secondary N) is 2. The van der Waals surface area contributed by atoms with Crippen molar-refractivity contribution in [3.05, 3.63) is 23.7 Å². The molecule has 0 aromatic rings. The molecule has 28 heavy (non-hydrogen) atoms. The quantitative estimate of drug-likeness (QED) is 0.290. The van der Waals surface area contributed by atoms with Crippen molar-refractivity contribution >= 4 is 27.5 Å². The van der Waals surface area contributed by atoms with E-state index in [2.05, 4.69) is 28.7 Å². The Morgan fingerprint density at radius 2 is 0.929 bits per heavy atom. The summed E-state index contributed by atoms with van der Waals surface area (Å²) in [5, 5.41) is 4.70. The van der Waals surface area contributed by atoms with E-state index in [-0.39, 0.29) is 23.3 Å². The molecule has 0 saturated heterocycles. The summed E-state index contributed by atoms with van der Waals surface area (Å²) in [4.78, 5) is 21.7. The maximum absolute atomic E-state index is 11.4. The van der Waals surface area contributed by atoms with Crippen LogP contribution in [0, 0.1) is 0 Å². The molecule has 0 aromatic heterocycles. The Morgan fingerprint density at radius 3 is 1.11 bits per heavy atom. The number of phosphoric acid groups is 2. The number of hydrogen-bond acceptors (Lipinski definition) is 10. The third kappa shape index (κ3) is 12.7. The van der Waals surface area contributed by atoms with E-state index in [0.29, 0.717) is 0 Å². The van der Waals surface area contributed by atoms with Gasteiger partial charge in [0.25, 0.3) is 0 Å². The van der Waals surface area contributed by atoms with Crippen molar-refractivity contribution in [2.45, 2.75) is 13.8 Å². The van der Waals surface area contributed by atoms with E-state index in [4.69, 9.17) is 9.05 Å². The van der Waals surface area contributed by atoms with Crippen LogP contribution < -0.4 is 10.6 Å². The van der Waals surface area contributed by atoms with E-state index in [9.17, 15) is 18.7 Å². The van der Waals surface area contributed by atoms with Crippen molar-refractivity contribution in [3.8, 4) is 0 Å². The van der Waals surface area contributed by atoms with E-state index in [1.165, 1.54) is 56.4 Å². The monoisotopic (exact) mass is 446 g/mol. The molecule has 12 nitrogen and oxygen atoms in total. The van der Waals surface area contributed by atoms with Gasteiger partial charge in [0.15, 0.2) is 0 Å². The summed E-state index contributed by atoms with van der Waals surface area (Å²) in [7, 11) is 0.604. The number of likely N-dealkylation sites (N-methyl/N-ethyl adjacent to an activating group) is 2. The average Bonchev–Trinajstić information content (AvgIpc) is 2.67. The van der Waals surface area contributed by atoms with Crippen molar-refractivity contribution in [2.75, 3.05) is 42.5 Å². The number of carbonyl (C=O) groups excluding carboxylic acids is 2. The molecular weight excluding hydrogens is 418 g/mol. The summed E-state index contributed by atoms with van der Waals surface area (Å²) in [5.74, 6) is -0.421. The summed E-state index contributed by atoms with van der Waals surface area (Å²) in [6.07, 6.45) is 2.29. The lowest BCUT2D eigenvalue weighted by atomic mass is 10.5. The fourth-order valence-electron chi connectivity index (χ4n) is 1.22. The second-order valence-corrected chi connectivity index (χ2v) is 8.16. The van der Waals surface area contributed by atoms with Gasteiger partial charge in [-0.25, -0.2) is 9.13 Å². The molecule has 0 rings (SSSR count). The first-order valence-electron chi connectivity index (χ1n) is 7.56. The molecule has 14 heteroatoms. The minimum atomic E-state index is -3.55. The molecule has 0 spiro atoms. The lowest BCUT2D eigenvalue weighted by molar-refractivity contribution is -0.117. The second-order valence-electron chi connectivity index (χ2n) is 4.55. The highest BCUT2D eigenvalue weighted by atomic mass is 31.2. The van der Waals surface area contributed by atoms with E-state index in [1.807, 2.05) is 0 Å². The number of rotatable bonds is 10. The molecule has 0 saturated carbocycles. The highest BCUT2D eigenvalue weighted by Gasteiger charge is 2.25. The molecule has 164 valence electrons. The molecule has 2 N–H and O–H groups in total. The van der Waals surface area contributed by atoms with Crippen LogP contribution in [0.1, 0.15) is 13.8 Å².